The molecule has 6 nitrogen and oxygen atoms in total. The molecule has 0 aliphatic heterocycles. The smallest absolute Gasteiger partial charge is 0.354 e. The summed E-state index contributed by atoms with van der Waals surface area (Å²) < 4.78 is 10.6. The quantitative estimate of drug-likeness (QED) is 0.537. The SMILES string of the molecule is CCOC(=O)c1cc2cc(NC(=O)c3cc4ccccc4o3)ccc2[nH]1. The van der Waals surface area contributed by atoms with Gasteiger partial charge in [0.05, 0.1) is 6.61 Å². The number of carbonyl (C=O) groups is 2. The number of carbonyl (C=O) groups excluding carboxylic acids is 2. The third-order valence-electron chi connectivity index (χ3n) is 4.02. The number of para-hydroxylation sites is 1. The van der Waals surface area contributed by atoms with E-state index in [1.165, 1.54) is 0 Å². The fraction of sp³-hybridized carbons (Fsp3) is 0.100. The summed E-state index contributed by atoms with van der Waals surface area (Å²) in [5, 5.41) is 4.49. The van der Waals surface area contributed by atoms with Gasteiger partial charge in [-0.2, -0.15) is 0 Å². The van der Waals surface area contributed by atoms with Crippen LogP contribution in [0, 0.1) is 0 Å². The normalized spacial score (nSPS) is 11.0. The van der Waals surface area contributed by atoms with Crippen LogP contribution in [-0.2, 0) is 4.74 Å². The molecule has 1 amide bonds. The van der Waals surface area contributed by atoms with E-state index in [-0.39, 0.29) is 11.7 Å². The molecule has 26 heavy (non-hydrogen) atoms. The van der Waals surface area contributed by atoms with Gasteiger partial charge in [-0.1, -0.05) is 18.2 Å². The molecule has 0 bridgehead atoms. The fourth-order valence-electron chi connectivity index (χ4n) is 2.82. The number of H-pyrrole nitrogens is 1. The van der Waals surface area contributed by atoms with Gasteiger partial charge in [0.25, 0.3) is 5.91 Å². The van der Waals surface area contributed by atoms with Crippen LogP contribution in [0.4, 0.5) is 5.69 Å². The predicted molar refractivity (Wildman–Crippen MR) is 98.4 cm³/mol. The zero-order valence-electron chi connectivity index (χ0n) is 14.0. The van der Waals surface area contributed by atoms with Crippen LogP contribution in [-0.4, -0.2) is 23.5 Å². The maximum absolute atomic E-state index is 12.4. The van der Waals surface area contributed by atoms with Crippen LogP contribution in [0.25, 0.3) is 21.9 Å². The number of hydrogen-bond donors (Lipinski definition) is 2. The number of ether oxygens (including phenoxy) is 1. The summed E-state index contributed by atoms with van der Waals surface area (Å²) in [5.41, 5.74) is 2.44. The Morgan fingerprint density at radius 2 is 1.92 bits per heavy atom. The van der Waals surface area contributed by atoms with Crippen molar-refractivity contribution in [3.63, 3.8) is 0 Å². The Balaban J connectivity index is 1.58. The van der Waals surface area contributed by atoms with Crippen LogP contribution < -0.4 is 5.32 Å². The standard InChI is InChI=1S/C20H16N2O4/c1-2-25-20(24)16-10-13-9-14(7-8-15(13)22-16)21-19(23)18-11-12-5-3-4-6-17(12)26-18/h3-11,22H,2H2,1H3,(H,21,23). The molecule has 0 aliphatic carbocycles. The third kappa shape index (κ3) is 2.93. The second kappa shape index (κ2) is 6.40. The zero-order valence-corrected chi connectivity index (χ0v) is 14.0. The van der Waals surface area contributed by atoms with E-state index < -0.39 is 5.97 Å². The fourth-order valence-corrected chi connectivity index (χ4v) is 2.82. The summed E-state index contributed by atoms with van der Waals surface area (Å²) in [6.45, 7) is 2.07. The Morgan fingerprint density at radius 1 is 1.08 bits per heavy atom. The number of esters is 1. The first-order chi connectivity index (χ1) is 12.6. The van der Waals surface area contributed by atoms with Crippen molar-refractivity contribution in [3.8, 4) is 0 Å². The number of anilines is 1. The summed E-state index contributed by atoms with van der Waals surface area (Å²) >= 11 is 0. The van der Waals surface area contributed by atoms with Gasteiger partial charge < -0.3 is 19.5 Å². The van der Waals surface area contributed by atoms with Gasteiger partial charge >= 0.3 is 5.97 Å². The number of rotatable bonds is 4. The summed E-state index contributed by atoms with van der Waals surface area (Å²) in [6.07, 6.45) is 0. The minimum absolute atomic E-state index is 0.243. The average molecular weight is 348 g/mol. The Bertz CT molecular complexity index is 1090. The van der Waals surface area contributed by atoms with Crippen molar-refractivity contribution in [1.82, 2.24) is 4.98 Å². The summed E-state index contributed by atoms with van der Waals surface area (Å²) in [6, 6.07) is 16.2. The number of fused-ring (bicyclic) bond motifs is 2. The van der Waals surface area contributed by atoms with Crippen LogP contribution >= 0.6 is 0 Å². The lowest BCUT2D eigenvalue weighted by Gasteiger charge is -2.03. The van der Waals surface area contributed by atoms with E-state index in [1.807, 2.05) is 24.3 Å². The highest BCUT2D eigenvalue weighted by Gasteiger charge is 2.14. The van der Waals surface area contributed by atoms with Crippen molar-refractivity contribution >= 4 is 39.4 Å². The zero-order chi connectivity index (χ0) is 18.1. The number of nitrogens with one attached hydrogen (secondary N) is 2. The number of furan rings is 1. The molecule has 0 spiro atoms. The second-order valence-corrected chi connectivity index (χ2v) is 5.81. The molecule has 130 valence electrons. The highest BCUT2D eigenvalue weighted by molar-refractivity contribution is 6.05. The molecule has 0 unspecified atom stereocenters. The van der Waals surface area contributed by atoms with E-state index >= 15 is 0 Å². The second-order valence-electron chi connectivity index (χ2n) is 5.81. The highest BCUT2D eigenvalue weighted by Crippen LogP contribution is 2.23. The molecule has 2 heterocycles. The molecule has 6 heteroatoms. The number of amides is 1. The van der Waals surface area contributed by atoms with E-state index in [0.29, 0.717) is 23.6 Å². The molecule has 2 aromatic carbocycles. The van der Waals surface area contributed by atoms with Gasteiger partial charge in [0.2, 0.25) is 0 Å². The van der Waals surface area contributed by atoms with Crippen LogP contribution in [0.15, 0.2) is 59.0 Å². The van der Waals surface area contributed by atoms with Gasteiger partial charge in [-0.25, -0.2) is 4.79 Å². The molecule has 0 saturated carbocycles. The van der Waals surface area contributed by atoms with Crippen LogP contribution in [0.3, 0.4) is 0 Å². The number of hydrogen-bond acceptors (Lipinski definition) is 4. The molecular weight excluding hydrogens is 332 g/mol. The lowest BCUT2D eigenvalue weighted by molar-refractivity contribution is 0.0520. The Labute approximate surface area is 148 Å². The van der Waals surface area contributed by atoms with Crippen molar-refractivity contribution in [2.24, 2.45) is 0 Å². The third-order valence-corrected chi connectivity index (χ3v) is 4.02. The topological polar surface area (TPSA) is 84.3 Å². The molecule has 2 aromatic heterocycles. The minimum atomic E-state index is -0.406. The lowest BCUT2D eigenvalue weighted by Crippen LogP contribution is -2.10. The molecule has 2 N–H and O–H groups in total. The average Bonchev–Trinajstić information content (AvgIpc) is 3.25. The van der Waals surface area contributed by atoms with Gasteiger partial charge in [-0.15, -0.1) is 0 Å². The number of aromatic amines is 1. The van der Waals surface area contributed by atoms with Gasteiger partial charge in [-0.05, 0) is 43.3 Å². The maximum Gasteiger partial charge on any atom is 0.354 e. The van der Waals surface area contributed by atoms with Crippen LogP contribution in [0.5, 0.6) is 0 Å². The first kappa shape index (κ1) is 16.0. The first-order valence-corrected chi connectivity index (χ1v) is 8.24. The highest BCUT2D eigenvalue weighted by atomic mass is 16.5. The molecular formula is C20H16N2O4. The number of benzene rings is 2. The van der Waals surface area contributed by atoms with Gasteiger partial charge in [0.15, 0.2) is 5.76 Å². The van der Waals surface area contributed by atoms with Crippen molar-refractivity contribution in [2.75, 3.05) is 11.9 Å². The molecule has 4 aromatic rings. The van der Waals surface area contributed by atoms with Crippen molar-refractivity contribution in [2.45, 2.75) is 6.92 Å². The molecule has 0 atom stereocenters. The largest absolute Gasteiger partial charge is 0.461 e. The Hall–Kier alpha value is -3.54. The van der Waals surface area contributed by atoms with E-state index in [0.717, 1.165) is 16.3 Å². The van der Waals surface area contributed by atoms with Crippen molar-refractivity contribution in [1.29, 1.82) is 0 Å². The monoisotopic (exact) mass is 348 g/mol. The molecule has 0 aliphatic rings. The van der Waals surface area contributed by atoms with Gasteiger partial charge in [0.1, 0.15) is 11.3 Å². The molecule has 0 radical (unpaired) electrons. The van der Waals surface area contributed by atoms with Crippen molar-refractivity contribution in [3.05, 3.63) is 66.1 Å². The van der Waals surface area contributed by atoms with Crippen molar-refractivity contribution < 1.29 is 18.7 Å². The van der Waals surface area contributed by atoms with Gasteiger partial charge in [-0.3, -0.25) is 4.79 Å². The minimum Gasteiger partial charge on any atom is -0.461 e. The molecule has 4 rings (SSSR count). The molecule has 0 fully saturated rings. The molecule has 0 saturated heterocycles. The first-order valence-electron chi connectivity index (χ1n) is 8.24. The Morgan fingerprint density at radius 3 is 2.73 bits per heavy atom. The summed E-state index contributed by atoms with van der Waals surface area (Å²) in [5.74, 6) is -0.495. The van der Waals surface area contributed by atoms with E-state index in [2.05, 4.69) is 10.3 Å². The van der Waals surface area contributed by atoms with Crippen LogP contribution in [0.2, 0.25) is 0 Å². The maximum atomic E-state index is 12.4. The van der Waals surface area contributed by atoms with E-state index in [1.54, 1.807) is 37.3 Å². The van der Waals surface area contributed by atoms with Gasteiger partial charge in [0, 0.05) is 22.0 Å². The lowest BCUT2D eigenvalue weighted by atomic mass is 10.2. The Kier molecular flexibility index (Phi) is 3.93. The summed E-state index contributed by atoms with van der Waals surface area (Å²) in [7, 11) is 0. The van der Waals surface area contributed by atoms with E-state index in [4.69, 9.17) is 9.15 Å². The predicted octanol–water partition coefficient (Wildman–Crippen LogP) is 4.34. The van der Waals surface area contributed by atoms with Crippen LogP contribution in [0.1, 0.15) is 28.0 Å². The van der Waals surface area contributed by atoms with E-state index in [9.17, 15) is 9.59 Å². The number of aromatic nitrogens is 1. The summed E-state index contributed by atoms with van der Waals surface area (Å²) in [4.78, 5) is 27.2.